The average molecular weight is 255 g/mol. The third-order valence-electron chi connectivity index (χ3n) is 2.34. The largest absolute Gasteiger partial charge is 0.466 e. The summed E-state index contributed by atoms with van der Waals surface area (Å²) < 4.78 is 9.34. The van der Waals surface area contributed by atoms with Crippen LogP contribution in [0.5, 0.6) is 0 Å². The van der Waals surface area contributed by atoms with Gasteiger partial charge in [0.05, 0.1) is 13.7 Å². The van der Waals surface area contributed by atoms with Gasteiger partial charge >= 0.3 is 11.9 Å². The topological polar surface area (TPSA) is 76.5 Å². The molecule has 1 unspecified atom stereocenters. The molecule has 5 heteroatoms. The first kappa shape index (κ1) is 16.4. The molecule has 0 saturated heterocycles. The highest BCUT2D eigenvalue weighted by Gasteiger charge is 2.21. The van der Waals surface area contributed by atoms with E-state index in [4.69, 9.17) is 10.1 Å². The second kappa shape index (κ2) is 9.39. The van der Waals surface area contributed by atoms with Gasteiger partial charge in [-0.1, -0.05) is 19.4 Å². The highest BCUT2D eigenvalue weighted by molar-refractivity contribution is 6.03. The third-order valence-corrected chi connectivity index (χ3v) is 2.34. The van der Waals surface area contributed by atoms with Crippen LogP contribution in [0.15, 0.2) is 12.2 Å². The normalized spacial score (nSPS) is 12.2. The van der Waals surface area contributed by atoms with Crippen molar-refractivity contribution in [3.63, 3.8) is 0 Å². The quantitative estimate of drug-likeness (QED) is 0.409. The molecule has 0 aromatic heterocycles. The fourth-order valence-corrected chi connectivity index (χ4v) is 1.33. The molecule has 18 heavy (non-hydrogen) atoms. The molecule has 0 radical (unpaired) electrons. The van der Waals surface area contributed by atoms with E-state index in [0.717, 1.165) is 18.9 Å². The van der Waals surface area contributed by atoms with E-state index in [1.807, 2.05) is 6.92 Å². The summed E-state index contributed by atoms with van der Waals surface area (Å²) in [5.74, 6) is -1.85. The monoisotopic (exact) mass is 255 g/mol. The Morgan fingerprint density at radius 2 is 2.00 bits per heavy atom. The van der Waals surface area contributed by atoms with Crippen LogP contribution in [-0.2, 0) is 19.1 Å². The van der Waals surface area contributed by atoms with Gasteiger partial charge < -0.3 is 14.9 Å². The molecule has 0 bridgehead atoms. The lowest BCUT2D eigenvalue weighted by molar-refractivity contribution is -0.144. The van der Waals surface area contributed by atoms with E-state index in [0.29, 0.717) is 6.42 Å². The van der Waals surface area contributed by atoms with Crippen LogP contribution in [-0.4, -0.2) is 31.4 Å². The maximum atomic E-state index is 11.7. The maximum absolute atomic E-state index is 11.7. The predicted molar refractivity (Wildman–Crippen MR) is 68.5 cm³/mol. The molecule has 0 aromatic rings. The SMILES string of the molecule is CCCCC(=N)C(C=CC(=O)OC)C(=O)OCC. The van der Waals surface area contributed by atoms with Crippen molar-refractivity contribution in [3.05, 3.63) is 12.2 Å². The van der Waals surface area contributed by atoms with Crippen LogP contribution >= 0.6 is 0 Å². The van der Waals surface area contributed by atoms with E-state index in [-0.39, 0.29) is 12.3 Å². The standard InChI is InChI=1S/C13H21NO4/c1-4-6-7-11(14)10(13(16)18-5-2)8-9-12(15)17-3/h8-10,14H,4-7H2,1-3H3. The number of hydrogen-bond acceptors (Lipinski definition) is 5. The molecule has 0 heterocycles. The summed E-state index contributed by atoms with van der Waals surface area (Å²) in [7, 11) is 1.26. The number of nitrogens with one attached hydrogen (secondary N) is 1. The number of unbranched alkanes of at least 4 members (excludes halogenated alkanes) is 1. The number of methoxy groups -OCH3 is 1. The molecule has 5 nitrogen and oxygen atoms in total. The Morgan fingerprint density at radius 3 is 2.50 bits per heavy atom. The van der Waals surface area contributed by atoms with Gasteiger partial charge in [-0.2, -0.15) is 0 Å². The molecule has 0 saturated carbocycles. The average Bonchev–Trinajstić information content (AvgIpc) is 2.36. The molecule has 0 fully saturated rings. The number of rotatable bonds is 8. The summed E-state index contributed by atoms with van der Waals surface area (Å²) in [5.41, 5.74) is 0.260. The number of hydrogen-bond donors (Lipinski definition) is 1. The van der Waals surface area contributed by atoms with Crippen molar-refractivity contribution < 1.29 is 19.1 Å². The van der Waals surface area contributed by atoms with Crippen molar-refractivity contribution in [2.24, 2.45) is 5.92 Å². The fourth-order valence-electron chi connectivity index (χ4n) is 1.33. The third kappa shape index (κ3) is 6.18. The van der Waals surface area contributed by atoms with Gasteiger partial charge in [0.25, 0.3) is 0 Å². The van der Waals surface area contributed by atoms with Crippen LogP contribution in [0.1, 0.15) is 33.1 Å². The molecule has 0 aliphatic rings. The molecule has 0 amide bonds. The summed E-state index contributed by atoms with van der Waals surface area (Å²) in [5, 5.41) is 7.86. The number of carbonyl (C=O) groups is 2. The highest BCUT2D eigenvalue weighted by Crippen LogP contribution is 2.10. The lowest BCUT2D eigenvalue weighted by Gasteiger charge is -2.12. The zero-order chi connectivity index (χ0) is 14.0. The van der Waals surface area contributed by atoms with Crippen LogP contribution in [0.4, 0.5) is 0 Å². The van der Waals surface area contributed by atoms with Gasteiger partial charge in [0.15, 0.2) is 0 Å². The van der Waals surface area contributed by atoms with Crippen molar-refractivity contribution in [1.29, 1.82) is 5.41 Å². The molecule has 1 N–H and O–H groups in total. The van der Waals surface area contributed by atoms with Crippen molar-refractivity contribution >= 4 is 17.7 Å². The van der Waals surface area contributed by atoms with Crippen LogP contribution in [0, 0.1) is 11.3 Å². The Morgan fingerprint density at radius 1 is 1.33 bits per heavy atom. The van der Waals surface area contributed by atoms with Gasteiger partial charge in [-0.3, -0.25) is 4.79 Å². The Balaban J connectivity index is 4.71. The van der Waals surface area contributed by atoms with Crippen LogP contribution in [0.2, 0.25) is 0 Å². The van der Waals surface area contributed by atoms with Crippen molar-refractivity contribution in [3.8, 4) is 0 Å². The smallest absolute Gasteiger partial charge is 0.330 e. The second-order valence-corrected chi connectivity index (χ2v) is 3.74. The second-order valence-electron chi connectivity index (χ2n) is 3.74. The minimum Gasteiger partial charge on any atom is -0.466 e. The molecular formula is C13H21NO4. The van der Waals surface area contributed by atoms with E-state index in [1.165, 1.54) is 13.2 Å². The zero-order valence-corrected chi connectivity index (χ0v) is 11.2. The molecule has 0 spiro atoms. The van der Waals surface area contributed by atoms with Gasteiger partial charge in [0, 0.05) is 11.8 Å². The summed E-state index contributed by atoms with van der Waals surface area (Å²) in [4.78, 5) is 22.7. The number of carbonyl (C=O) groups excluding carboxylic acids is 2. The maximum Gasteiger partial charge on any atom is 0.330 e. The van der Waals surface area contributed by atoms with Gasteiger partial charge in [0.1, 0.15) is 5.92 Å². The van der Waals surface area contributed by atoms with Crippen LogP contribution < -0.4 is 0 Å². The Hall–Kier alpha value is -1.65. The molecular weight excluding hydrogens is 234 g/mol. The number of ether oxygens (including phenoxy) is 2. The fraction of sp³-hybridized carbons (Fsp3) is 0.615. The van der Waals surface area contributed by atoms with E-state index in [9.17, 15) is 9.59 Å². The van der Waals surface area contributed by atoms with E-state index in [2.05, 4.69) is 4.74 Å². The molecule has 0 aliphatic carbocycles. The Bertz CT molecular complexity index is 323. The van der Waals surface area contributed by atoms with Crippen LogP contribution in [0.25, 0.3) is 0 Å². The number of esters is 2. The minimum atomic E-state index is -0.796. The van der Waals surface area contributed by atoms with E-state index >= 15 is 0 Å². The van der Waals surface area contributed by atoms with Gasteiger partial charge in [-0.05, 0) is 19.8 Å². The lowest BCUT2D eigenvalue weighted by atomic mass is 9.98. The summed E-state index contributed by atoms with van der Waals surface area (Å²) >= 11 is 0. The Kier molecular flexibility index (Phi) is 8.53. The molecule has 0 aromatic carbocycles. The molecule has 0 rings (SSSR count). The summed E-state index contributed by atoms with van der Waals surface area (Å²) in [6.45, 7) is 3.97. The first-order valence-corrected chi connectivity index (χ1v) is 6.06. The first-order chi connectivity index (χ1) is 8.56. The Labute approximate surface area is 108 Å². The van der Waals surface area contributed by atoms with Crippen molar-refractivity contribution in [2.75, 3.05) is 13.7 Å². The molecule has 102 valence electrons. The molecule has 0 aliphatic heterocycles. The highest BCUT2D eigenvalue weighted by atomic mass is 16.5. The minimum absolute atomic E-state index is 0.252. The van der Waals surface area contributed by atoms with Crippen molar-refractivity contribution in [2.45, 2.75) is 33.1 Å². The van der Waals surface area contributed by atoms with E-state index in [1.54, 1.807) is 6.92 Å². The van der Waals surface area contributed by atoms with Gasteiger partial charge in [-0.25, -0.2) is 4.79 Å². The van der Waals surface area contributed by atoms with Gasteiger partial charge in [-0.15, -0.1) is 0 Å². The van der Waals surface area contributed by atoms with Crippen molar-refractivity contribution in [1.82, 2.24) is 0 Å². The van der Waals surface area contributed by atoms with Gasteiger partial charge in [0.2, 0.25) is 0 Å². The van der Waals surface area contributed by atoms with E-state index < -0.39 is 17.9 Å². The summed E-state index contributed by atoms with van der Waals surface area (Å²) in [6, 6.07) is 0. The summed E-state index contributed by atoms with van der Waals surface area (Å²) in [6.07, 6.45) is 4.81. The predicted octanol–water partition coefficient (Wildman–Crippen LogP) is 2.10. The molecule has 1 atom stereocenters. The lowest BCUT2D eigenvalue weighted by Crippen LogP contribution is -2.24. The first-order valence-electron chi connectivity index (χ1n) is 6.06. The zero-order valence-electron chi connectivity index (χ0n) is 11.2. The van der Waals surface area contributed by atoms with Crippen LogP contribution in [0.3, 0.4) is 0 Å².